The molecule has 0 aliphatic heterocycles. The van der Waals surface area contributed by atoms with Crippen molar-refractivity contribution < 1.29 is 9.47 Å². The van der Waals surface area contributed by atoms with Gasteiger partial charge in [-0.25, -0.2) is 4.98 Å². The Hall–Kier alpha value is -1.07. The first-order chi connectivity index (χ1) is 8.24. The van der Waals surface area contributed by atoms with Gasteiger partial charge in [0.25, 0.3) is 0 Å². The third kappa shape index (κ3) is 5.70. The van der Waals surface area contributed by atoms with Crippen LogP contribution in [0.1, 0.15) is 20.3 Å². The molecular weight excluding hydrogens is 218 g/mol. The van der Waals surface area contributed by atoms with Crippen molar-refractivity contribution in [3.8, 4) is 0 Å². The fourth-order valence-corrected chi connectivity index (χ4v) is 1.46. The molecule has 1 heterocycles. The summed E-state index contributed by atoms with van der Waals surface area (Å²) >= 11 is 0. The van der Waals surface area contributed by atoms with E-state index in [-0.39, 0.29) is 6.10 Å². The molecule has 0 atom stereocenters. The van der Waals surface area contributed by atoms with Crippen LogP contribution in [0.15, 0.2) is 12.4 Å². The van der Waals surface area contributed by atoms with Crippen molar-refractivity contribution in [2.24, 2.45) is 0 Å². The third-order valence-electron chi connectivity index (χ3n) is 2.31. The lowest BCUT2D eigenvalue weighted by Crippen LogP contribution is -2.14. The summed E-state index contributed by atoms with van der Waals surface area (Å²) in [5.74, 6) is 0.897. The molecule has 0 bridgehead atoms. The van der Waals surface area contributed by atoms with Crippen LogP contribution < -0.4 is 5.32 Å². The second kappa shape index (κ2) is 8.08. The number of nitrogens with zero attached hydrogens (tertiary/aromatic N) is 2. The van der Waals surface area contributed by atoms with Crippen molar-refractivity contribution in [2.45, 2.75) is 32.9 Å². The maximum Gasteiger partial charge on any atom is 0.202 e. The van der Waals surface area contributed by atoms with Crippen molar-refractivity contribution in [1.82, 2.24) is 9.55 Å². The number of nitrogens with one attached hydrogen (secondary N) is 1. The Morgan fingerprint density at radius 3 is 2.94 bits per heavy atom. The van der Waals surface area contributed by atoms with Crippen molar-refractivity contribution in [1.29, 1.82) is 0 Å². The topological polar surface area (TPSA) is 48.3 Å². The van der Waals surface area contributed by atoms with E-state index in [0.717, 1.165) is 32.1 Å². The highest BCUT2D eigenvalue weighted by atomic mass is 16.5. The highest BCUT2D eigenvalue weighted by molar-refractivity contribution is 5.25. The van der Waals surface area contributed by atoms with Gasteiger partial charge in [0, 0.05) is 39.2 Å². The van der Waals surface area contributed by atoms with Crippen molar-refractivity contribution in [2.75, 3.05) is 32.2 Å². The van der Waals surface area contributed by atoms with Crippen LogP contribution in [0.25, 0.3) is 0 Å². The summed E-state index contributed by atoms with van der Waals surface area (Å²) in [7, 11) is 1.71. The summed E-state index contributed by atoms with van der Waals surface area (Å²) in [5, 5.41) is 3.28. The van der Waals surface area contributed by atoms with Gasteiger partial charge in [-0.15, -0.1) is 0 Å². The van der Waals surface area contributed by atoms with Gasteiger partial charge >= 0.3 is 0 Å². The molecule has 5 nitrogen and oxygen atoms in total. The van der Waals surface area contributed by atoms with Crippen LogP contribution in [0.4, 0.5) is 5.95 Å². The number of hydrogen-bond donors (Lipinski definition) is 1. The highest BCUT2D eigenvalue weighted by Gasteiger charge is 2.02. The maximum absolute atomic E-state index is 5.52. The van der Waals surface area contributed by atoms with E-state index in [1.807, 2.05) is 20.0 Å². The molecule has 1 aromatic heterocycles. The van der Waals surface area contributed by atoms with Gasteiger partial charge in [-0.05, 0) is 20.3 Å². The normalized spacial score (nSPS) is 11.1. The molecule has 0 radical (unpaired) electrons. The predicted molar refractivity (Wildman–Crippen MR) is 68.3 cm³/mol. The standard InChI is InChI=1S/C12H23N3O2/c1-11(2)17-10-8-15-7-6-14-12(15)13-5-4-9-16-3/h6-7,11H,4-5,8-10H2,1-3H3,(H,13,14). The van der Waals surface area contributed by atoms with Crippen LogP contribution in [-0.2, 0) is 16.0 Å². The van der Waals surface area contributed by atoms with E-state index in [9.17, 15) is 0 Å². The SMILES string of the molecule is COCCCNc1nccn1CCOC(C)C. The average molecular weight is 241 g/mol. The van der Waals surface area contributed by atoms with E-state index >= 15 is 0 Å². The van der Waals surface area contributed by atoms with E-state index in [1.165, 1.54) is 0 Å². The Kier molecular flexibility index (Phi) is 6.65. The summed E-state index contributed by atoms with van der Waals surface area (Å²) in [4.78, 5) is 4.27. The van der Waals surface area contributed by atoms with Gasteiger partial charge in [-0.2, -0.15) is 0 Å². The zero-order valence-corrected chi connectivity index (χ0v) is 11.0. The van der Waals surface area contributed by atoms with Crippen LogP contribution in [-0.4, -0.2) is 42.5 Å². The third-order valence-corrected chi connectivity index (χ3v) is 2.31. The largest absolute Gasteiger partial charge is 0.385 e. The Labute approximate surface area is 103 Å². The zero-order valence-electron chi connectivity index (χ0n) is 11.0. The van der Waals surface area contributed by atoms with Gasteiger partial charge in [-0.3, -0.25) is 0 Å². The molecule has 0 aromatic carbocycles. The van der Waals surface area contributed by atoms with E-state index in [1.54, 1.807) is 13.3 Å². The van der Waals surface area contributed by atoms with Gasteiger partial charge in [0.1, 0.15) is 0 Å². The van der Waals surface area contributed by atoms with Crippen LogP contribution in [0, 0.1) is 0 Å². The first kappa shape index (κ1) is 14.0. The number of hydrogen-bond acceptors (Lipinski definition) is 4. The van der Waals surface area contributed by atoms with Gasteiger partial charge in [-0.1, -0.05) is 0 Å². The second-order valence-corrected chi connectivity index (χ2v) is 4.14. The van der Waals surface area contributed by atoms with E-state index in [0.29, 0.717) is 6.61 Å². The minimum Gasteiger partial charge on any atom is -0.385 e. The molecular formula is C12H23N3O2. The fourth-order valence-electron chi connectivity index (χ4n) is 1.46. The van der Waals surface area contributed by atoms with Gasteiger partial charge in [0.2, 0.25) is 5.95 Å². The summed E-state index contributed by atoms with van der Waals surface area (Å²) < 4.78 is 12.6. The minimum absolute atomic E-state index is 0.275. The van der Waals surface area contributed by atoms with E-state index < -0.39 is 0 Å². The average Bonchev–Trinajstić information content (AvgIpc) is 2.72. The quantitative estimate of drug-likeness (QED) is 0.669. The van der Waals surface area contributed by atoms with Gasteiger partial charge in [0.05, 0.1) is 12.7 Å². The summed E-state index contributed by atoms with van der Waals surface area (Å²) in [5.41, 5.74) is 0. The molecule has 1 aromatic rings. The Balaban J connectivity index is 2.27. The summed E-state index contributed by atoms with van der Waals surface area (Å²) in [6, 6.07) is 0. The van der Waals surface area contributed by atoms with Crippen molar-refractivity contribution in [3.05, 3.63) is 12.4 Å². The molecule has 98 valence electrons. The molecule has 0 fully saturated rings. The Morgan fingerprint density at radius 1 is 1.41 bits per heavy atom. The first-order valence-electron chi connectivity index (χ1n) is 6.09. The molecule has 0 aliphatic carbocycles. The monoisotopic (exact) mass is 241 g/mol. The fraction of sp³-hybridized carbons (Fsp3) is 0.750. The van der Waals surface area contributed by atoms with Crippen molar-refractivity contribution >= 4 is 5.95 Å². The molecule has 5 heteroatoms. The lowest BCUT2D eigenvalue weighted by atomic mass is 10.4. The molecule has 1 rings (SSSR count). The van der Waals surface area contributed by atoms with Crippen LogP contribution in [0.5, 0.6) is 0 Å². The summed E-state index contributed by atoms with van der Waals surface area (Å²) in [6.45, 7) is 7.25. The van der Waals surface area contributed by atoms with Gasteiger partial charge in [0.15, 0.2) is 0 Å². The molecule has 1 N–H and O–H groups in total. The molecule has 0 aliphatic rings. The first-order valence-corrected chi connectivity index (χ1v) is 6.09. The molecule has 0 saturated carbocycles. The smallest absolute Gasteiger partial charge is 0.202 e. The van der Waals surface area contributed by atoms with Crippen LogP contribution in [0.3, 0.4) is 0 Å². The van der Waals surface area contributed by atoms with Crippen molar-refractivity contribution in [3.63, 3.8) is 0 Å². The number of aromatic nitrogens is 2. The van der Waals surface area contributed by atoms with E-state index in [2.05, 4.69) is 14.9 Å². The maximum atomic E-state index is 5.52. The zero-order chi connectivity index (χ0) is 12.5. The van der Waals surface area contributed by atoms with E-state index in [4.69, 9.17) is 9.47 Å². The molecule has 17 heavy (non-hydrogen) atoms. The Morgan fingerprint density at radius 2 is 2.24 bits per heavy atom. The minimum atomic E-state index is 0.275. The van der Waals surface area contributed by atoms with Crippen LogP contribution >= 0.6 is 0 Å². The Bertz CT molecular complexity index is 300. The predicted octanol–water partition coefficient (Wildman–Crippen LogP) is 1.76. The molecule has 0 amide bonds. The lowest BCUT2D eigenvalue weighted by Gasteiger charge is -2.11. The molecule has 0 saturated heterocycles. The number of imidazole rings is 1. The summed E-state index contributed by atoms with van der Waals surface area (Å²) in [6.07, 6.45) is 5.01. The van der Waals surface area contributed by atoms with Gasteiger partial charge < -0.3 is 19.4 Å². The lowest BCUT2D eigenvalue weighted by molar-refractivity contribution is 0.0730. The number of anilines is 1. The number of methoxy groups -OCH3 is 1. The van der Waals surface area contributed by atoms with Crippen LogP contribution in [0.2, 0.25) is 0 Å². The number of ether oxygens (including phenoxy) is 2. The number of rotatable bonds is 9. The molecule has 0 spiro atoms. The second-order valence-electron chi connectivity index (χ2n) is 4.14. The highest BCUT2D eigenvalue weighted by Crippen LogP contribution is 2.04. The molecule has 0 unspecified atom stereocenters.